The first-order valence-corrected chi connectivity index (χ1v) is 6.39. The highest BCUT2D eigenvalue weighted by Crippen LogP contribution is 2.26. The molecule has 1 saturated heterocycles. The lowest BCUT2D eigenvalue weighted by Gasteiger charge is -2.47. The van der Waals surface area contributed by atoms with Gasteiger partial charge in [-0.05, 0) is 33.1 Å². The van der Waals surface area contributed by atoms with E-state index in [4.69, 9.17) is 0 Å². The van der Waals surface area contributed by atoms with Crippen LogP contribution in [0.4, 0.5) is 0 Å². The van der Waals surface area contributed by atoms with E-state index in [1.165, 1.54) is 0 Å². The summed E-state index contributed by atoms with van der Waals surface area (Å²) >= 11 is 0. The number of rotatable bonds is 3. The van der Waals surface area contributed by atoms with E-state index in [1.807, 2.05) is 34.6 Å². The monoisotopic (exact) mass is 240 g/mol. The molecule has 1 rings (SSSR count). The van der Waals surface area contributed by atoms with Crippen LogP contribution in [0.25, 0.3) is 0 Å². The third-order valence-corrected chi connectivity index (χ3v) is 3.57. The Labute approximate surface area is 104 Å². The molecule has 1 N–H and O–H groups in total. The smallest absolute Gasteiger partial charge is 0.248 e. The second-order valence-corrected chi connectivity index (χ2v) is 5.67. The van der Waals surface area contributed by atoms with Crippen molar-refractivity contribution in [3.8, 4) is 0 Å². The number of piperazine rings is 1. The van der Waals surface area contributed by atoms with Crippen LogP contribution in [0.3, 0.4) is 0 Å². The zero-order chi connectivity index (χ0) is 13.4. The molecular weight excluding hydrogens is 216 g/mol. The van der Waals surface area contributed by atoms with Crippen LogP contribution in [0.1, 0.15) is 48.0 Å². The van der Waals surface area contributed by atoms with Crippen LogP contribution in [0.2, 0.25) is 0 Å². The van der Waals surface area contributed by atoms with E-state index in [2.05, 4.69) is 5.32 Å². The zero-order valence-corrected chi connectivity index (χ0v) is 11.7. The molecule has 0 aliphatic carbocycles. The van der Waals surface area contributed by atoms with Crippen molar-refractivity contribution in [1.82, 2.24) is 10.2 Å². The highest BCUT2D eigenvalue weighted by atomic mass is 16.2. The fourth-order valence-corrected chi connectivity index (χ4v) is 2.36. The van der Waals surface area contributed by atoms with Crippen molar-refractivity contribution in [3.05, 3.63) is 0 Å². The first kappa shape index (κ1) is 14.0. The molecule has 0 aromatic heterocycles. The molecule has 1 aliphatic heterocycles. The minimum atomic E-state index is -0.743. The van der Waals surface area contributed by atoms with E-state index in [1.54, 1.807) is 11.8 Å². The van der Waals surface area contributed by atoms with Gasteiger partial charge >= 0.3 is 0 Å². The van der Waals surface area contributed by atoms with E-state index in [-0.39, 0.29) is 29.8 Å². The lowest BCUT2D eigenvalue weighted by Crippen LogP contribution is -2.71. The maximum Gasteiger partial charge on any atom is 0.248 e. The summed E-state index contributed by atoms with van der Waals surface area (Å²) in [5.74, 6) is 0.133. The molecule has 1 heterocycles. The van der Waals surface area contributed by atoms with Crippen molar-refractivity contribution in [3.63, 3.8) is 0 Å². The summed E-state index contributed by atoms with van der Waals surface area (Å²) in [6.45, 7) is 11.6. The van der Waals surface area contributed by atoms with Gasteiger partial charge in [0.25, 0.3) is 0 Å². The third-order valence-electron chi connectivity index (χ3n) is 3.57. The third kappa shape index (κ3) is 2.31. The van der Waals surface area contributed by atoms with Gasteiger partial charge in [0, 0.05) is 6.04 Å². The summed E-state index contributed by atoms with van der Waals surface area (Å²) in [5, 5.41) is 2.88. The Hall–Kier alpha value is -1.06. The quantitative estimate of drug-likeness (QED) is 0.813. The van der Waals surface area contributed by atoms with Crippen molar-refractivity contribution in [2.24, 2.45) is 5.92 Å². The van der Waals surface area contributed by atoms with Crippen LogP contribution >= 0.6 is 0 Å². The molecule has 0 aromatic rings. The molecule has 1 aliphatic rings. The molecule has 0 saturated carbocycles. The predicted octanol–water partition coefficient (Wildman–Crippen LogP) is 1.55. The molecule has 0 spiro atoms. The van der Waals surface area contributed by atoms with Gasteiger partial charge in [-0.1, -0.05) is 20.8 Å². The summed E-state index contributed by atoms with van der Waals surface area (Å²) in [6.07, 6.45) is 0.617. The summed E-state index contributed by atoms with van der Waals surface area (Å²) in [4.78, 5) is 26.4. The van der Waals surface area contributed by atoms with Gasteiger partial charge in [-0.15, -0.1) is 0 Å². The molecule has 2 unspecified atom stereocenters. The van der Waals surface area contributed by atoms with Gasteiger partial charge in [0.1, 0.15) is 11.6 Å². The highest BCUT2D eigenvalue weighted by molar-refractivity contribution is 5.99. The Bertz CT molecular complexity index is 325. The van der Waals surface area contributed by atoms with Gasteiger partial charge in [0.15, 0.2) is 0 Å². The molecule has 98 valence electrons. The minimum Gasteiger partial charge on any atom is -0.340 e. The maximum absolute atomic E-state index is 12.5. The van der Waals surface area contributed by atoms with Crippen LogP contribution in [-0.2, 0) is 9.59 Å². The minimum absolute atomic E-state index is 0.0300. The molecule has 4 heteroatoms. The molecule has 0 aromatic carbocycles. The van der Waals surface area contributed by atoms with E-state index >= 15 is 0 Å². The summed E-state index contributed by atoms with van der Waals surface area (Å²) in [6, 6.07) is -0.297. The number of hydrogen-bond donors (Lipinski definition) is 1. The second kappa shape index (κ2) is 4.67. The largest absolute Gasteiger partial charge is 0.340 e. The Morgan fingerprint density at radius 1 is 1.29 bits per heavy atom. The standard InChI is InChI=1S/C13H24N2O2/c1-7-13(6)12(17)15(9(4)5)10(8(2)3)11(16)14-13/h8-10H,7H2,1-6H3,(H,14,16). The van der Waals surface area contributed by atoms with Crippen molar-refractivity contribution in [1.29, 1.82) is 0 Å². The van der Waals surface area contributed by atoms with Crippen molar-refractivity contribution >= 4 is 11.8 Å². The van der Waals surface area contributed by atoms with Gasteiger partial charge in [-0.3, -0.25) is 9.59 Å². The van der Waals surface area contributed by atoms with Crippen LogP contribution in [0.15, 0.2) is 0 Å². The first-order valence-electron chi connectivity index (χ1n) is 6.39. The molecule has 0 radical (unpaired) electrons. The van der Waals surface area contributed by atoms with E-state index < -0.39 is 5.54 Å². The van der Waals surface area contributed by atoms with Crippen LogP contribution in [0.5, 0.6) is 0 Å². The molecule has 0 bridgehead atoms. The lowest BCUT2D eigenvalue weighted by atomic mass is 9.87. The topological polar surface area (TPSA) is 49.4 Å². The summed E-state index contributed by atoms with van der Waals surface area (Å²) in [7, 11) is 0. The van der Waals surface area contributed by atoms with Crippen molar-refractivity contribution in [2.75, 3.05) is 0 Å². The first-order chi connectivity index (χ1) is 7.74. The lowest BCUT2D eigenvalue weighted by molar-refractivity contribution is -0.158. The number of carbonyl (C=O) groups excluding carboxylic acids is 2. The number of hydrogen-bond acceptors (Lipinski definition) is 2. The van der Waals surface area contributed by atoms with Crippen LogP contribution < -0.4 is 5.32 Å². The predicted molar refractivity (Wildman–Crippen MR) is 67.4 cm³/mol. The van der Waals surface area contributed by atoms with Gasteiger partial charge in [0.2, 0.25) is 11.8 Å². The van der Waals surface area contributed by atoms with Gasteiger partial charge < -0.3 is 10.2 Å². The van der Waals surface area contributed by atoms with E-state index in [0.29, 0.717) is 6.42 Å². The fraction of sp³-hybridized carbons (Fsp3) is 0.846. The number of carbonyl (C=O) groups is 2. The number of nitrogens with one attached hydrogen (secondary N) is 1. The van der Waals surface area contributed by atoms with E-state index in [0.717, 1.165) is 0 Å². The number of nitrogens with zero attached hydrogens (tertiary/aromatic N) is 1. The van der Waals surface area contributed by atoms with Gasteiger partial charge in [-0.2, -0.15) is 0 Å². The Morgan fingerprint density at radius 3 is 2.18 bits per heavy atom. The number of amides is 2. The Kier molecular flexibility index (Phi) is 3.84. The van der Waals surface area contributed by atoms with Crippen molar-refractivity contribution < 1.29 is 9.59 Å². The molecular formula is C13H24N2O2. The maximum atomic E-state index is 12.5. The summed E-state index contributed by atoms with van der Waals surface area (Å²) in [5.41, 5.74) is -0.743. The fourth-order valence-electron chi connectivity index (χ4n) is 2.36. The molecule has 1 fully saturated rings. The van der Waals surface area contributed by atoms with Gasteiger partial charge in [-0.25, -0.2) is 0 Å². The Balaban J connectivity index is 3.15. The zero-order valence-electron chi connectivity index (χ0n) is 11.7. The normalized spacial score (nSPS) is 30.1. The summed E-state index contributed by atoms with van der Waals surface area (Å²) < 4.78 is 0. The molecule has 2 amide bonds. The average Bonchev–Trinajstić information content (AvgIpc) is 2.21. The molecule has 17 heavy (non-hydrogen) atoms. The average molecular weight is 240 g/mol. The van der Waals surface area contributed by atoms with Crippen LogP contribution in [-0.4, -0.2) is 34.3 Å². The Morgan fingerprint density at radius 2 is 1.82 bits per heavy atom. The molecule has 2 atom stereocenters. The van der Waals surface area contributed by atoms with Gasteiger partial charge in [0.05, 0.1) is 0 Å². The van der Waals surface area contributed by atoms with E-state index in [9.17, 15) is 9.59 Å². The SMILES string of the molecule is CCC1(C)NC(=O)C(C(C)C)N(C(C)C)C1=O. The van der Waals surface area contributed by atoms with Crippen molar-refractivity contribution in [2.45, 2.75) is 65.6 Å². The second-order valence-electron chi connectivity index (χ2n) is 5.67. The highest BCUT2D eigenvalue weighted by Gasteiger charge is 2.48. The van der Waals surface area contributed by atoms with Crippen LogP contribution in [0, 0.1) is 5.92 Å². The molecule has 4 nitrogen and oxygen atoms in total.